The lowest BCUT2D eigenvalue weighted by Gasteiger charge is -2.36. The molecule has 3 aromatic rings. The first kappa shape index (κ1) is 16.5. The number of pyridine rings is 1. The second-order valence-electron chi connectivity index (χ2n) is 6.67. The summed E-state index contributed by atoms with van der Waals surface area (Å²) >= 11 is 0. The molecule has 0 aliphatic carbocycles. The molecule has 5 heteroatoms. The molecule has 1 fully saturated rings. The van der Waals surface area contributed by atoms with Crippen LogP contribution in [-0.4, -0.2) is 42.0 Å². The summed E-state index contributed by atoms with van der Waals surface area (Å²) in [5.74, 6) is -0.384. The second-order valence-corrected chi connectivity index (χ2v) is 6.67. The van der Waals surface area contributed by atoms with Crippen LogP contribution in [0.2, 0.25) is 0 Å². The lowest BCUT2D eigenvalue weighted by molar-refractivity contribution is 0.100. The van der Waals surface area contributed by atoms with Crippen molar-refractivity contribution in [3.8, 4) is 0 Å². The molecule has 1 aliphatic heterocycles. The minimum absolute atomic E-state index is 0.384. The molecule has 2 N–H and O–H groups in total. The van der Waals surface area contributed by atoms with Gasteiger partial charge in [0.1, 0.15) is 0 Å². The van der Waals surface area contributed by atoms with Gasteiger partial charge in [-0.2, -0.15) is 0 Å². The second kappa shape index (κ2) is 7.14. The van der Waals surface area contributed by atoms with Gasteiger partial charge in [0.15, 0.2) is 0 Å². The number of aromatic nitrogens is 1. The molecule has 1 aliphatic rings. The smallest absolute Gasteiger partial charge is 0.248 e. The van der Waals surface area contributed by atoms with Crippen LogP contribution in [-0.2, 0) is 6.54 Å². The average Bonchev–Trinajstić information content (AvgIpc) is 2.69. The molecule has 1 amide bonds. The van der Waals surface area contributed by atoms with Crippen LogP contribution >= 0.6 is 0 Å². The fraction of sp³-hybridized carbons (Fsp3) is 0.238. The number of hydrogen-bond donors (Lipinski definition) is 1. The number of fused-ring (bicyclic) bond motifs is 1. The maximum atomic E-state index is 11.2. The van der Waals surface area contributed by atoms with Gasteiger partial charge in [0.2, 0.25) is 5.91 Å². The van der Waals surface area contributed by atoms with E-state index in [1.807, 2.05) is 24.4 Å². The molecule has 4 rings (SSSR count). The van der Waals surface area contributed by atoms with Crippen molar-refractivity contribution < 1.29 is 4.79 Å². The van der Waals surface area contributed by atoms with Gasteiger partial charge in [-0.3, -0.25) is 14.7 Å². The van der Waals surface area contributed by atoms with Gasteiger partial charge < -0.3 is 10.6 Å². The van der Waals surface area contributed by atoms with E-state index >= 15 is 0 Å². The summed E-state index contributed by atoms with van der Waals surface area (Å²) in [6.07, 6.45) is 1.86. The van der Waals surface area contributed by atoms with Gasteiger partial charge >= 0.3 is 0 Å². The predicted molar refractivity (Wildman–Crippen MR) is 104 cm³/mol. The molecule has 2 heterocycles. The molecule has 0 atom stereocenters. The van der Waals surface area contributed by atoms with Crippen LogP contribution in [0.1, 0.15) is 15.9 Å². The Labute approximate surface area is 153 Å². The summed E-state index contributed by atoms with van der Waals surface area (Å²) in [7, 11) is 0. The highest BCUT2D eigenvalue weighted by Crippen LogP contribution is 2.21. The van der Waals surface area contributed by atoms with Gasteiger partial charge in [-0.25, -0.2) is 0 Å². The van der Waals surface area contributed by atoms with Gasteiger partial charge in [-0.05, 0) is 35.9 Å². The van der Waals surface area contributed by atoms with E-state index in [1.54, 1.807) is 12.1 Å². The predicted octanol–water partition coefficient (Wildman–Crippen LogP) is 2.66. The van der Waals surface area contributed by atoms with Gasteiger partial charge in [0.25, 0.3) is 0 Å². The molecular formula is C21H22N4O. The van der Waals surface area contributed by atoms with Crippen molar-refractivity contribution in [2.75, 3.05) is 31.1 Å². The summed E-state index contributed by atoms with van der Waals surface area (Å²) in [6, 6.07) is 18.0. The number of carbonyl (C=O) groups is 1. The number of rotatable bonds is 4. The molecule has 26 heavy (non-hydrogen) atoms. The van der Waals surface area contributed by atoms with E-state index in [0.29, 0.717) is 5.56 Å². The van der Waals surface area contributed by atoms with Crippen molar-refractivity contribution in [3.63, 3.8) is 0 Å². The first-order valence-electron chi connectivity index (χ1n) is 8.90. The van der Waals surface area contributed by atoms with Crippen molar-refractivity contribution in [2.24, 2.45) is 5.73 Å². The zero-order chi connectivity index (χ0) is 17.9. The molecule has 1 saturated heterocycles. The molecule has 0 spiro atoms. The fourth-order valence-electron chi connectivity index (χ4n) is 3.54. The molecule has 2 aromatic carbocycles. The van der Waals surface area contributed by atoms with Crippen molar-refractivity contribution in [1.82, 2.24) is 9.88 Å². The van der Waals surface area contributed by atoms with Crippen molar-refractivity contribution >= 4 is 22.5 Å². The minimum Gasteiger partial charge on any atom is -0.369 e. The van der Waals surface area contributed by atoms with E-state index in [2.05, 4.69) is 39.0 Å². The maximum absolute atomic E-state index is 11.2. The van der Waals surface area contributed by atoms with E-state index < -0.39 is 0 Å². The third kappa shape index (κ3) is 3.39. The third-order valence-electron chi connectivity index (χ3n) is 5.00. The monoisotopic (exact) mass is 346 g/mol. The van der Waals surface area contributed by atoms with Crippen LogP contribution in [0.3, 0.4) is 0 Å². The quantitative estimate of drug-likeness (QED) is 0.789. The first-order valence-corrected chi connectivity index (χ1v) is 8.90. The Morgan fingerprint density at radius 2 is 1.69 bits per heavy atom. The van der Waals surface area contributed by atoms with Crippen LogP contribution in [0.5, 0.6) is 0 Å². The van der Waals surface area contributed by atoms with Crippen LogP contribution in [0, 0.1) is 0 Å². The molecule has 0 unspecified atom stereocenters. The Kier molecular flexibility index (Phi) is 4.54. The van der Waals surface area contributed by atoms with Crippen LogP contribution in [0.15, 0.2) is 60.8 Å². The number of primary amides is 1. The number of hydrogen-bond acceptors (Lipinski definition) is 4. The van der Waals surface area contributed by atoms with Gasteiger partial charge in [-0.15, -0.1) is 0 Å². The summed E-state index contributed by atoms with van der Waals surface area (Å²) in [5.41, 5.74) is 9.38. The van der Waals surface area contributed by atoms with E-state index in [1.165, 1.54) is 10.9 Å². The minimum atomic E-state index is -0.384. The van der Waals surface area contributed by atoms with E-state index in [0.717, 1.165) is 43.9 Å². The maximum Gasteiger partial charge on any atom is 0.248 e. The van der Waals surface area contributed by atoms with Crippen molar-refractivity contribution in [2.45, 2.75) is 6.54 Å². The topological polar surface area (TPSA) is 62.5 Å². The number of piperazine rings is 1. The number of nitrogens with zero attached hydrogens (tertiary/aromatic N) is 3. The molecule has 1 aromatic heterocycles. The summed E-state index contributed by atoms with van der Waals surface area (Å²) < 4.78 is 0. The Bertz CT molecular complexity index is 909. The number of nitrogens with two attached hydrogens (primary N) is 1. The Morgan fingerprint density at radius 3 is 2.42 bits per heavy atom. The van der Waals surface area contributed by atoms with E-state index in [9.17, 15) is 4.79 Å². The van der Waals surface area contributed by atoms with Crippen LogP contribution < -0.4 is 10.6 Å². The Hall–Kier alpha value is -2.92. The number of amides is 1. The number of carbonyl (C=O) groups excluding carboxylic acids is 1. The molecule has 0 saturated carbocycles. The molecule has 132 valence electrons. The third-order valence-corrected chi connectivity index (χ3v) is 5.00. The van der Waals surface area contributed by atoms with Crippen LogP contribution in [0.4, 0.5) is 5.69 Å². The molecule has 0 bridgehead atoms. The highest BCUT2D eigenvalue weighted by Gasteiger charge is 2.18. The molecule has 0 radical (unpaired) electrons. The van der Waals surface area contributed by atoms with E-state index in [-0.39, 0.29) is 5.91 Å². The highest BCUT2D eigenvalue weighted by molar-refractivity contribution is 5.93. The van der Waals surface area contributed by atoms with Gasteiger partial charge in [0.05, 0.1) is 5.52 Å². The number of anilines is 1. The Morgan fingerprint density at radius 1 is 0.962 bits per heavy atom. The zero-order valence-corrected chi connectivity index (χ0v) is 14.6. The first-order chi connectivity index (χ1) is 12.7. The lowest BCUT2D eigenvalue weighted by atomic mass is 10.1. The average molecular weight is 346 g/mol. The van der Waals surface area contributed by atoms with Crippen molar-refractivity contribution in [1.29, 1.82) is 0 Å². The van der Waals surface area contributed by atoms with E-state index in [4.69, 9.17) is 5.73 Å². The summed E-state index contributed by atoms with van der Waals surface area (Å²) in [4.78, 5) is 20.6. The number of benzene rings is 2. The number of para-hydroxylation sites is 1. The van der Waals surface area contributed by atoms with Gasteiger partial charge in [-0.1, -0.05) is 24.3 Å². The van der Waals surface area contributed by atoms with Crippen molar-refractivity contribution in [3.05, 3.63) is 71.9 Å². The normalized spacial score (nSPS) is 15.3. The lowest BCUT2D eigenvalue weighted by Crippen LogP contribution is -2.46. The zero-order valence-electron chi connectivity index (χ0n) is 14.6. The highest BCUT2D eigenvalue weighted by atomic mass is 16.1. The van der Waals surface area contributed by atoms with Gasteiger partial charge in [0, 0.05) is 55.6 Å². The Balaban J connectivity index is 1.41. The standard InChI is InChI=1S/C21H22N4O/c22-21(26)17-6-8-19(9-7-17)25-13-11-24(12-14-25)15-18-4-1-3-16-5-2-10-23-20(16)18/h1-10H,11-15H2,(H2,22,26). The molecule has 5 nitrogen and oxygen atoms in total. The largest absolute Gasteiger partial charge is 0.369 e. The fourth-order valence-corrected chi connectivity index (χ4v) is 3.54. The molecular weight excluding hydrogens is 324 g/mol. The summed E-state index contributed by atoms with van der Waals surface area (Å²) in [5, 5.41) is 1.19. The van der Waals surface area contributed by atoms with Crippen LogP contribution in [0.25, 0.3) is 10.9 Å². The SMILES string of the molecule is NC(=O)c1ccc(N2CCN(Cc3cccc4cccnc34)CC2)cc1. The summed E-state index contributed by atoms with van der Waals surface area (Å²) in [6.45, 7) is 4.85.